The van der Waals surface area contributed by atoms with Crippen LogP contribution in [0.2, 0.25) is 5.02 Å². The van der Waals surface area contributed by atoms with E-state index >= 15 is 0 Å². The number of hydrogen-bond acceptors (Lipinski definition) is 2. The van der Waals surface area contributed by atoms with E-state index in [4.69, 9.17) is 16.3 Å². The minimum absolute atomic E-state index is 0.106. The van der Waals surface area contributed by atoms with Crippen molar-refractivity contribution in [3.8, 4) is 0 Å². The Bertz CT molecular complexity index is 462. The van der Waals surface area contributed by atoms with Crippen molar-refractivity contribution in [2.45, 2.75) is 39.8 Å². The number of ether oxygens (including phenoxy) is 1. The Labute approximate surface area is 134 Å². The van der Waals surface area contributed by atoms with Gasteiger partial charge in [-0.1, -0.05) is 45.4 Å². The molecule has 2 atom stereocenters. The highest BCUT2D eigenvalue weighted by atomic mass is 79.9. The van der Waals surface area contributed by atoms with Crippen molar-refractivity contribution in [1.29, 1.82) is 0 Å². The molecule has 0 radical (unpaired) electrons. The molecule has 0 aromatic heterocycles. The molecular formula is C15H22BrClFNO. The first kappa shape index (κ1) is 17.9. The lowest BCUT2D eigenvalue weighted by atomic mass is 9.81. The largest absolute Gasteiger partial charge is 0.379 e. The van der Waals surface area contributed by atoms with Crippen molar-refractivity contribution in [3.63, 3.8) is 0 Å². The van der Waals surface area contributed by atoms with E-state index in [9.17, 15) is 4.39 Å². The zero-order chi connectivity index (χ0) is 15.5. The van der Waals surface area contributed by atoms with Gasteiger partial charge in [0.05, 0.1) is 17.2 Å². The summed E-state index contributed by atoms with van der Waals surface area (Å²) < 4.78 is 20.6. The third kappa shape index (κ3) is 3.94. The van der Waals surface area contributed by atoms with Crippen LogP contribution in [0, 0.1) is 11.2 Å². The van der Waals surface area contributed by atoms with Gasteiger partial charge in [-0.3, -0.25) is 0 Å². The highest BCUT2D eigenvalue weighted by molar-refractivity contribution is 9.10. The lowest BCUT2D eigenvalue weighted by molar-refractivity contribution is -0.0123. The summed E-state index contributed by atoms with van der Waals surface area (Å²) in [5, 5.41) is 3.41. The van der Waals surface area contributed by atoms with E-state index < -0.39 is 5.82 Å². The Morgan fingerprint density at radius 2 is 2.00 bits per heavy atom. The third-order valence-corrected chi connectivity index (χ3v) is 4.49. The number of hydrogen-bond donors (Lipinski definition) is 1. The number of nitrogens with one attached hydrogen (secondary N) is 1. The first-order valence-corrected chi connectivity index (χ1v) is 7.80. The van der Waals surface area contributed by atoms with E-state index in [0.717, 1.165) is 0 Å². The summed E-state index contributed by atoms with van der Waals surface area (Å²) in [5.74, 6) is -0.404. The predicted octanol–water partition coefficient (Wildman–Crippen LogP) is 4.95. The van der Waals surface area contributed by atoms with E-state index in [0.29, 0.717) is 16.6 Å². The van der Waals surface area contributed by atoms with Crippen LogP contribution in [0.15, 0.2) is 16.6 Å². The molecule has 0 aliphatic carbocycles. The Morgan fingerprint density at radius 1 is 1.40 bits per heavy atom. The first-order chi connectivity index (χ1) is 9.23. The Hall–Kier alpha value is -0.160. The van der Waals surface area contributed by atoms with E-state index in [1.54, 1.807) is 19.2 Å². The molecule has 0 saturated carbocycles. The van der Waals surface area contributed by atoms with Gasteiger partial charge in [0.2, 0.25) is 0 Å². The number of halogens is 3. The fourth-order valence-corrected chi connectivity index (χ4v) is 2.85. The van der Waals surface area contributed by atoms with Crippen LogP contribution in [-0.2, 0) is 4.74 Å². The summed E-state index contributed by atoms with van der Waals surface area (Å²) in [6.07, 6.45) is -0.172. The quantitative estimate of drug-likeness (QED) is 0.744. The molecule has 1 aromatic rings. The summed E-state index contributed by atoms with van der Waals surface area (Å²) in [7, 11) is 1.65. The SMILES string of the molecule is CCNC(c1ccc(Br)c(Cl)c1F)C(OC)C(C)(C)C. The first-order valence-electron chi connectivity index (χ1n) is 6.63. The second kappa shape index (κ2) is 7.21. The summed E-state index contributed by atoms with van der Waals surface area (Å²) >= 11 is 9.24. The molecule has 0 aliphatic heterocycles. The van der Waals surface area contributed by atoms with Crippen LogP contribution in [0.4, 0.5) is 4.39 Å². The Balaban J connectivity index is 3.30. The molecule has 0 aliphatic rings. The van der Waals surface area contributed by atoms with Crippen LogP contribution in [0.5, 0.6) is 0 Å². The van der Waals surface area contributed by atoms with Gasteiger partial charge in [-0.15, -0.1) is 0 Å². The van der Waals surface area contributed by atoms with Crippen LogP contribution >= 0.6 is 27.5 Å². The molecule has 2 unspecified atom stereocenters. The molecule has 0 fully saturated rings. The monoisotopic (exact) mass is 365 g/mol. The smallest absolute Gasteiger partial charge is 0.147 e. The minimum atomic E-state index is -0.404. The molecule has 0 bridgehead atoms. The molecule has 5 heteroatoms. The van der Waals surface area contributed by atoms with E-state index in [2.05, 4.69) is 42.0 Å². The van der Waals surface area contributed by atoms with Crippen molar-refractivity contribution in [2.24, 2.45) is 5.41 Å². The fraction of sp³-hybridized carbons (Fsp3) is 0.600. The van der Waals surface area contributed by atoms with E-state index in [1.165, 1.54) is 0 Å². The third-order valence-electron chi connectivity index (χ3n) is 3.23. The highest BCUT2D eigenvalue weighted by Crippen LogP contribution is 2.37. The number of methoxy groups -OCH3 is 1. The number of rotatable bonds is 5. The van der Waals surface area contributed by atoms with Gasteiger partial charge in [0.1, 0.15) is 5.82 Å². The van der Waals surface area contributed by atoms with Gasteiger partial charge in [-0.05, 0) is 34.0 Å². The molecule has 1 N–H and O–H groups in total. The van der Waals surface area contributed by atoms with E-state index in [1.807, 2.05) is 6.92 Å². The maximum Gasteiger partial charge on any atom is 0.147 e. The molecule has 0 amide bonds. The molecule has 1 rings (SSSR count). The van der Waals surface area contributed by atoms with Gasteiger partial charge in [0.25, 0.3) is 0 Å². The van der Waals surface area contributed by atoms with Gasteiger partial charge in [0.15, 0.2) is 0 Å². The zero-order valence-corrected chi connectivity index (χ0v) is 14.9. The second-order valence-electron chi connectivity index (χ2n) is 5.82. The number of likely N-dealkylation sites (N-methyl/N-ethyl adjacent to an activating group) is 1. The summed E-state index contributed by atoms with van der Waals surface area (Å²) in [4.78, 5) is 0. The molecular weight excluding hydrogens is 345 g/mol. The maximum atomic E-state index is 14.5. The second-order valence-corrected chi connectivity index (χ2v) is 7.05. The summed E-state index contributed by atoms with van der Waals surface area (Å²) in [6.45, 7) is 8.92. The molecule has 1 aromatic carbocycles. The van der Waals surface area contributed by atoms with Gasteiger partial charge in [-0.25, -0.2) is 4.39 Å². The van der Waals surface area contributed by atoms with Crippen molar-refractivity contribution in [1.82, 2.24) is 5.32 Å². The van der Waals surface area contributed by atoms with Crippen LogP contribution in [0.1, 0.15) is 39.3 Å². The molecule has 114 valence electrons. The van der Waals surface area contributed by atoms with Crippen LogP contribution in [0.25, 0.3) is 0 Å². The van der Waals surface area contributed by atoms with Crippen LogP contribution < -0.4 is 5.32 Å². The molecule has 0 saturated heterocycles. The van der Waals surface area contributed by atoms with Gasteiger partial charge in [0, 0.05) is 17.1 Å². The predicted molar refractivity (Wildman–Crippen MR) is 85.8 cm³/mol. The Kier molecular flexibility index (Phi) is 6.45. The topological polar surface area (TPSA) is 21.3 Å². The normalized spacial score (nSPS) is 15.2. The van der Waals surface area contributed by atoms with Crippen molar-refractivity contribution >= 4 is 27.5 Å². The lowest BCUT2D eigenvalue weighted by Crippen LogP contribution is -2.42. The van der Waals surface area contributed by atoms with Crippen molar-refractivity contribution in [2.75, 3.05) is 13.7 Å². The summed E-state index contributed by atoms with van der Waals surface area (Å²) in [6, 6.07) is 3.26. The van der Waals surface area contributed by atoms with Crippen molar-refractivity contribution < 1.29 is 9.13 Å². The van der Waals surface area contributed by atoms with Crippen LogP contribution in [-0.4, -0.2) is 19.8 Å². The average Bonchev–Trinajstić information content (AvgIpc) is 2.35. The maximum absolute atomic E-state index is 14.5. The molecule has 0 heterocycles. The lowest BCUT2D eigenvalue weighted by Gasteiger charge is -2.37. The van der Waals surface area contributed by atoms with Gasteiger partial charge in [-0.2, -0.15) is 0 Å². The Morgan fingerprint density at radius 3 is 2.45 bits per heavy atom. The molecule has 20 heavy (non-hydrogen) atoms. The fourth-order valence-electron chi connectivity index (χ4n) is 2.37. The van der Waals surface area contributed by atoms with Gasteiger partial charge >= 0.3 is 0 Å². The highest BCUT2D eigenvalue weighted by Gasteiger charge is 2.34. The summed E-state index contributed by atoms with van der Waals surface area (Å²) in [5.41, 5.74) is 0.398. The van der Waals surface area contributed by atoms with Crippen LogP contribution in [0.3, 0.4) is 0 Å². The van der Waals surface area contributed by atoms with Gasteiger partial charge < -0.3 is 10.1 Å². The zero-order valence-electron chi connectivity index (χ0n) is 12.6. The molecule has 0 spiro atoms. The standard InChI is InChI=1S/C15H22BrClFNO/c1-6-19-13(14(20-5)15(2,3)4)9-7-8-10(16)11(17)12(9)18/h7-8,13-14,19H,6H2,1-5H3. The number of benzene rings is 1. The van der Waals surface area contributed by atoms with E-state index in [-0.39, 0.29) is 22.6 Å². The minimum Gasteiger partial charge on any atom is -0.379 e. The van der Waals surface area contributed by atoms with Crippen molar-refractivity contribution in [3.05, 3.63) is 33.0 Å². The average molecular weight is 367 g/mol. The molecule has 2 nitrogen and oxygen atoms in total.